The standard InChI is InChI=1S/C23H28N4O3/c1-15(2)26-13-18(14-26)22(29)25-9-8-19-17(11-25)12-27(23(30)20(19)21(24)28)10-16-6-4-3-5-7-16/h3-7,12,15,18H,8-11,13-14H2,1-2H3,(H2,24,28). The van der Waals surface area contributed by atoms with E-state index in [0.29, 0.717) is 37.7 Å². The number of aromatic nitrogens is 1. The van der Waals surface area contributed by atoms with Gasteiger partial charge in [0.2, 0.25) is 5.91 Å². The van der Waals surface area contributed by atoms with Gasteiger partial charge in [-0.2, -0.15) is 0 Å². The minimum Gasteiger partial charge on any atom is -0.365 e. The van der Waals surface area contributed by atoms with Crippen LogP contribution in [0.25, 0.3) is 0 Å². The van der Waals surface area contributed by atoms with Crippen molar-refractivity contribution in [2.75, 3.05) is 19.6 Å². The van der Waals surface area contributed by atoms with Gasteiger partial charge in [0, 0.05) is 38.4 Å². The van der Waals surface area contributed by atoms with Crippen molar-refractivity contribution in [2.45, 2.75) is 39.4 Å². The maximum absolute atomic E-state index is 13.0. The molecule has 2 N–H and O–H groups in total. The van der Waals surface area contributed by atoms with Gasteiger partial charge < -0.3 is 15.2 Å². The van der Waals surface area contributed by atoms with E-state index < -0.39 is 5.91 Å². The van der Waals surface area contributed by atoms with Gasteiger partial charge in [-0.3, -0.25) is 19.3 Å². The Kier molecular flexibility index (Phi) is 5.47. The molecule has 0 saturated carbocycles. The minimum absolute atomic E-state index is 0.0276. The number of pyridine rings is 1. The maximum Gasteiger partial charge on any atom is 0.264 e. The monoisotopic (exact) mass is 408 g/mol. The Morgan fingerprint density at radius 1 is 1.17 bits per heavy atom. The average molecular weight is 409 g/mol. The normalized spacial score (nSPS) is 17.0. The molecule has 2 aliphatic heterocycles. The topological polar surface area (TPSA) is 88.6 Å². The number of primary amides is 1. The Morgan fingerprint density at radius 2 is 1.87 bits per heavy atom. The first kappa shape index (κ1) is 20.3. The Balaban J connectivity index is 1.60. The van der Waals surface area contributed by atoms with Crippen molar-refractivity contribution in [3.05, 3.63) is 69.1 Å². The van der Waals surface area contributed by atoms with Gasteiger partial charge in [-0.25, -0.2) is 0 Å². The maximum atomic E-state index is 13.0. The average Bonchev–Trinajstić information content (AvgIpc) is 2.67. The van der Waals surface area contributed by atoms with Gasteiger partial charge in [0.15, 0.2) is 0 Å². The van der Waals surface area contributed by atoms with Crippen LogP contribution < -0.4 is 11.3 Å². The SMILES string of the molecule is CC(C)N1CC(C(=O)N2CCc3c(cn(Cc4ccccc4)c(=O)c3C(N)=O)C2)C1. The fourth-order valence-electron chi connectivity index (χ4n) is 4.40. The van der Waals surface area contributed by atoms with Gasteiger partial charge in [-0.05, 0) is 37.0 Å². The number of benzene rings is 1. The smallest absolute Gasteiger partial charge is 0.264 e. The molecule has 158 valence electrons. The van der Waals surface area contributed by atoms with Gasteiger partial charge in [-0.15, -0.1) is 0 Å². The molecular weight excluding hydrogens is 380 g/mol. The van der Waals surface area contributed by atoms with Crippen LogP contribution in [0.1, 0.15) is 40.9 Å². The second-order valence-electron chi connectivity index (χ2n) is 8.55. The van der Waals surface area contributed by atoms with E-state index in [1.807, 2.05) is 35.2 Å². The Labute approximate surface area is 176 Å². The highest BCUT2D eigenvalue weighted by Gasteiger charge is 2.37. The Bertz CT molecular complexity index is 1020. The van der Waals surface area contributed by atoms with E-state index in [1.54, 1.807) is 6.20 Å². The summed E-state index contributed by atoms with van der Waals surface area (Å²) in [6, 6.07) is 10.0. The van der Waals surface area contributed by atoms with Crippen LogP contribution in [-0.4, -0.2) is 51.9 Å². The van der Waals surface area contributed by atoms with Gasteiger partial charge >= 0.3 is 0 Å². The molecule has 0 spiro atoms. The molecule has 0 aliphatic carbocycles. The zero-order valence-electron chi connectivity index (χ0n) is 17.5. The van der Waals surface area contributed by atoms with Crippen molar-refractivity contribution >= 4 is 11.8 Å². The lowest BCUT2D eigenvalue weighted by molar-refractivity contribution is -0.142. The molecule has 0 unspecified atom stereocenters. The second-order valence-corrected chi connectivity index (χ2v) is 8.55. The minimum atomic E-state index is -0.704. The van der Waals surface area contributed by atoms with Crippen molar-refractivity contribution in [3.8, 4) is 0 Å². The van der Waals surface area contributed by atoms with E-state index in [0.717, 1.165) is 24.2 Å². The highest BCUT2D eigenvalue weighted by Crippen LogP contribution is 2.26. The third-order valence-electron chi connectivity index (χ3n) is 6.21. The molecule has 3 heterocycles. The first-order valence-corrected chi connectivity index (χ1v) is 10.5. The zero-order chi connectivity index (χ0) is 21.4. The van der Waals surface area contributed by atoms with Crippen LogP contribution in [0.5, 0.6) is 0 Å². The van der Waals surface area contributed by atoms with E-state index in [2.05, 4.69) is 18.7 Å². The van der Waals surface area contributed by atoms with E-state index >= 15 is 0 Å². The first-order valence-electron chi connectivity index (χ1n) is 10.5. The van der Waals surface area contributed by atoms with Crippen LogP contribution in [0.15, 0.2) is 41.3 Å². The number of carbonyl (C=O) groups excluding carboxylic acids is 2. The van der Waals surface area contributed by atoms with Crippen LogP contribution in [0, 0.1) is 5.92 Å². The summed E-state index contributed by atoms with van der Waals surface area (Å²) in [6.07, 6.45) is 2.26. The number of rotatable bonds is 5. The molecule has 1 aromatic heterocycles. The number of amides is 2. The van der Waals surface area contributed by atoms with E-state index in [4.69, 9.17) is 5.73 Å². The molecule has 1 saturated heterocycles. The van der Waals surface area contributed by atoms with Crippen molar-refractivity contribution < 1.29 is 9.59 Å². The molecule has 2 aromatic rings. The lowest BCUT2D eigenvalue weighted by atomic mass is 9.92. The van der Waals surface area contributed by atoms with Crippen LogP contribution >= 0.6 is 0 Å². The third kappa shape index (κ3) is 3.77. The third-order valence-corrected chi connectivity index (χ3v) is 6.21. The van der Waals surface area contributed by atoms with E-state index in [9.17, 15) is 14.4 Å². The molecule has 4 rings (SSSR count). The first-order chi connectivity index (χ1) is 14.3. The molecule has 2 aliphatic rings. The predicted molar refractivity (Wildman–Crippen MR) is 114 cm³/mol. The molecular formula is C23H28N4O3. The van der Waals surface area contributed by atoms with E-state index in [-0.39, 0.29) is 22.9 Å². The number of hydrogen-bond acceptors (Lipinski definition) is 4. The van der Waals surface area contributed by atoms with E-state index in [1.165, 1.54) is 4.57 Å². The molecule has 7 nitrogen and oxygen atoms in total. The molecule has 7 heteroatoms. The Hall–Kier alpha value is -2.93. The number of fused-ring (bicyclic) bond motifs is 1. The number of hydrogen-bond donors (Lipinski definition) is 1. The van der Waals surface area contributed by atoms with Crippen molar-refractivity contribution in [1.82, 2.24) is 14.4 Å². The second kappa shape index (κ2) is 8.07. The predicted octanol–water partition coefficient (Wildman–Crippen LogP) is 1.22. The molecule has 2 amide bonds. The lowest BCUT2D eigenvalue weighted by Gasteiger charge is -2.43. The van der Waals surface area contributed by atoms with Gasteiger partial charge in [0.25, 0.3) is 11.5 Å². The summed E-state index contributed by atoms with van der Waals surface area (Å²) in [5.74, 6) is -0.524. The molecule has 30 heavy (non-hydrogen) atoms. The largest absolute Gasteiger partial charge is 0.365 e. The number of nitrogens with zero attached hydrogens (tertiary/aromatic N) is 3. The molecule has 0 radical (unpaired) electrons. The number of carbonyl (C=O) groups is 2. The highest BCUT2D eigenvalue weighted by molar-refractivity contribution is 5.94. The summed E-state index contributed by atoms with van der Waals surface area (Å²) in [5.41, 5.74) is 7.76. The van der Waals surface area contributed by atoms with Crippen LogP contribution in [0.3, 0.4) is 0 Å². The van der Waals surface area contributed by atoms with Crippen molar-refractivity contribution in [2.24, 2.45) is 11.7 Å². The van der Waals surface area contributed by atoms with Gasteiger partial charge in [0.1, 0.15) is 5.56 Å². The van der Waals surface area contributed by atoms with Crippen molar-refractivity contribution in [1.29, 1.82) is 0 Å². The summed E-state index contributed by atoms with van der Waals surface area (Å²) >= 11 is 0. The molecule has 1 fully saturated rings. The summed E-state index contributed by atoms with van der Waals surface area (Å²) in [4.78, 5) is 42.1. The van der Waals surface area contributed by atoms with Crippen LogP contribution in [0.2, 0.25) is 0 Å². The quantitative estimate of drug-likeness (QED) is 0.806. The molecule has 0 atom stereocenters. The lowest BCUT2D eigenvalue weighted by Crippen LogP contribution is -2.57. The molecule has 1 aromatic carbocycles. The number of nitrogens with two attached hydrogens (primary N) is 1. The summed E-state index contributed by atoms with van der Waals surface area (Å²) in [5, 5.41) is 0. The van der Waals surface area contributed by atoms with Crippen LogP contribution in [-0.2, 0) is 24.3 Å². The number of likely N-dealkylation sites (tertiary alicyclic amines) is 1. The van der Waals surface area contributed by atoms with Crippen LogP contribution in [0.4, 0.5) is 0 Å². The summed E-state index contributed by atoms with van der Waals surface area (Å²) in [6.45, 7) is 7.12. The molecule has 0 bridgehead atoms. The highest BCUT2D eigenvalue weighted by atomic mass is 16.2. The van der Waals surface area contributed by atoms with Gasteiger partial charge in [0.05, 0.1) is 12.5 Å². The summed E-state index contributed by atoms with van der Waals surface area (Å²) < 4.78 is 1.53. The Morgan fingerprint density at radius 3 is 2.50 bits per heavy atom. The summed E-state index contributed by atoms with van der Waals surface area (Å²) in [7, 11) is 0. The fourth-order valence-corrected chi connectivity index (χ4v) is 4.40. The fraction of sp³-hybridized carbons (Fsp3) is 0.435. The zero-order valence-corrected chi connectivity index (χ0v) is 17.5. The van der Waals surface area contributed by atoms with Crippen molar-refractivity contribution in [3.63, 3.8) is 0 Å². The van der Waals surface area contributed by atoms with Gasteiger partial charge in [-0.1, -0.05) is 30.3 Å².